The monoisotopic (exact) mass is 428 g/mol. The number of ether oxygens (including phenoxy) is 1. The molecule has 0 aliphatic rings. The lowest BCUT2D eigenvalue weighted by atomic mass is 10.2. The topological polar surface area (TPSA) is 55.6 Å². The maximum absolute atomic E-state index is 14.1. The van der Waals surface area contributed by atoms with E-state index in [1.165, 1.54) is 17.2 Å². The number of hydrogen-bond acceptors (Lipinski definition) is 5. The Kier molecular flexibility index (Phi) is 5.50. The number of rotatable bonds is 6. The number of amides is 1. The predicted octanol–water partition coefficient (Wildman–Crippen LogP) is 5.80. The van der Waals surface area contributed by atoms with Gasteiger partial charge >= 0.3 is 0 Å². The van der Waals surface area contributed by atoms with Gasteiger partial charge in [-0.1, -0.05) is 11.3 Å². The van der Waals surface area contributed by atoms with Gasteiger partial charge in [-0.25, -0.2) is 13.8 Å². The molecular formula is C22H18F2N2O3S. The highest BCUT2D eigenvalue weighted by atomic mass is 32.1. The van der Waals surface area contributed by atoms with E-state index in [0.29, 0.717) is 21.8 Å². The van der Waals surface area contributed by atoms with Crippen LogP contribution in [0.25, 0.3) is 10.2 Å². The van der Waals surface area contributed by atoms with Crippen molar-refractivity contribution >= 4 is 32.6 Å². The minimum atomic E-state index is -0.770. The van der Waals surface area contributed by atoms with E-state index in [1.54, 1.807) is 36.4 Å². The van der Waals surface area contributed by atoms with Crippen LogP contribution in [0.5, 0.6) is 5.75 Å². The van der Waals surface area contributed by atoms with Crippen LogP contribution in [0.15, 0.2) is 59.2 Å². The Hall–Kier alpha value is -3.26. The number of aromatic nitrogens is 1. The quantitative estimate of drug-likeness (QED) is 0.389. The molecule has 2 aromatic carbocycles. The Morgan fingerprint density at radius 2 is 1.97 bits per heavy atom. The molecule has 0 radical (unpaired) electrons. The summed E-state index contributed by atoms with van der Waals surface area (Å²) in [6.45, 7) is 3.93. The first-order chi connectivity index (χ1) is 14.4. The summed E-state index contributed by atoms with van der Waals surface area (Å²) in [6.07, 6.45) is 1.52. The van der Waals surface area contributed by atoms with Gasteiger partial charge in [-0.3, -0.25) is 9.69 Å². The molecule has 0 unspecified atom stereocenters. The molecule has 154 valence electrons. The van der Waals surface area contributed by atoms with Crippen LogP contribution in [0.2, 0.25) is 0 Å². The summed E-state index contributed by atoms with van der Waals surface area (Å²) < 4.78 is 39.1. The van der Waals surface area contributed by atoms with Crippen LogP contribution in [0.3, 0.4) is 0 Å². The number of benzene rings is 2. The summed E-state index contributed by atoms with van der Waals surface area (Å²) in [5, 5.41) is 0.249. The molecule has 4 rings (SSSR count). The van der Waals surface area contributed by atoms with Crippen molar-refractivity contribution < 1.29 is 22.7 Å². The van der Waals surface area contributed by atoms with Gasteiger partial charge in [0.1, 0.15) is 22.8 Å². The Labute approximate surface area is 175 Å². The van der Waals surface area contributed by atoms with Crippen molar-refractivity contribution in [2.45, 2.75) is 26.5 Å². The molecule has 5 nitrogen and oxygen atoms in total. The van der Waals surface area contributed by atoms with Gasteiger partial charge in [-0.15, -0.1) is 0 Å². The number of carbonyl (C=O) groups excluding carboxylic acids is 1. The minimum Gasteiger partial charge on any atom is -0.491 e. The Morgan fingerprint density at radius 3 is 2.63 bits per heavy atom. The van der Waals surface area contributed by atoms with Crippen LogP contribution in [-0.4, -0.2) is 17.0 Å². The lowest BCUT2D eigenvalue weighted by Crippen LogP contribution is -2.30. The van der Waals surface area contributed by atoms with Crippen LogP contribution >= 0.6 is 11.3 Å². The average molecular weight is 428 g/mol. The van der Waals surface area contributed by atoms with Gasteiger partial charge in [0.2, 0.25) is 0 Å². The molecule has 0 spiro atoms. The summed E-state index contributed by atoms with van der Waals surface area (Å²) in [4.78, 5) is 18.9. The third-order valence-electron chi connectivity index (χ3n) is 4.25. The van der Waals surface area contributed by atoms with Gasteiger partial charge in [-0.05, 0) is 56.3 Å². The smallest absolute Gasteiger partial charge is 0.260 e. The highest BCUT2D eigenvalue weighted by molar-refractivity contribution is 7.22. The zero-order valence-electron chi connectivity index (χ0n) is 16.3. The molecule has 4 aromatic rings. The third kappa shape index (κ3) is 4.18. The SMILES string of the molecule is CC(C)Oc1ccc(C(=O)N(Cc2ccco2)c2nc3c(F)cc(F)cc3s2)cc1. The van der Waals surface area contributed by atoms with Crippen LogP contribution in [-0.2, 0) is 6.54 Å². The van der Waals surface area contributed by atoms with Crippen LogP contribution in [0.4, 0.5) is 13.9 Å². The fourth-order valence-electron chi connectivity index (χ4n) is 2.95. The second kappa shape index (κ2) is 8.23. The van der Waals surface area contributed by atoms with Gasteiger partial charge in [0.25, 0.3) is 5.91 Å². The molecule has 0 fully saturated rings. The zero-order chi connectivity index (χ0) is 21.3. The Morgan fingerprint density at radius 1 is 1.20 bits per heavy atom. The number of thiazole rings is 1. The summed E-state index contributed by atoms with van der Waals surface area (Å²) in [5.41, 5.74) is 0.429. The normalized spacial score (nSPS) is 11.2. The highest BCUT2D eigenvalue weighted by Gasteiger charge is 2.24. The maximum Gasteiger partial charge on any atom is 0.260 e. The van der Waals surface area contributed by atoms with Crippen molar-refractivity contribution in [3.63, 3.8) is 0 Å². The van der Waals surface area contributed by atoms with Crippen molar-refractivity contribution in [3.8, 4) is 5.75 Å². The molecule has 0 saturated carbocycles. The van der Waals surface area contributed by atoms with E-state index in [0.717, 1.165) is 17.4 Å². The molecule has 0 aliphatic heterocycles. The van der Waals surface area contributed by atoms with Crippen molar-refractivity contribution in [1.29, 1.82) is 0 Å². The van der Waals surface area contributed by atoms with Gasteiger partial charge in [0, 0.05) is 11.6 Å². The number of hydrogen-bond donors (Lipinski definition) is 0. The molecule has 2 heterocycles. The first kappa shape index (κ1) is 20.0. The molecule has 8 heteroatoms. The van der Waals surface area contributed by atoms with Gasteiger partial charge in [0.15, 0.2) is 10.9 Å². The largest absolute Gasteiger partial charge is 0.491 e. The van der Waals surface area contributed by atoms with E-state index in [2.05, 4.69) is 4.98 Å². The lowest BCUT2D eigenvalue weighted by Gasteiger charge is -2.19. The number of carbonyl (C=O) groups is 1. The number of furan rings is 1. The molecule has 1 amide bonds. The van der Waals surface area contributed by atoms with E-state index >= 15 is 0 Å². The van der Waals surface area contributed by atoms with Crippen molar-refractivity contribution in [2.24, 2.45) is 0 Å². The Bertz CT molecular complexity index is 1170. The number of nitrogens with zero attached hydrogens (tertiary/aromatic N) is 2. The average Bonchev–Trinajstić information content (AvgIpc) is 3.35. The van der Waals surface area contributed by atoms with Gasteiger partial charge < -0.3 is 9.15 Å². The lowest BCUT2D eigenvalue weighted by molar-refractivity contribution is 0.0983. The fourth-order valence-corrected chi connectivity index (χ4v) is 3.95. The second-order valence-corrected chi connectivity index (χ2v) is 7.90. The van der Waals surface area contributed by atoms with Crippen LogP contribution in [0, 0.1) is 11.6 Å². The van der Waals surface area contributed by atoms with E-state index in [4.69, 9.17) is 9.15 Å². The van der Waals surface area contributed by atoms with E-state index in [1.807, 2.05) is 13.8 Å². The minimum absolute atomic E-state index is 0.0139. The van der Waals surface area contributed by atoms with Crippen molar-refractivity contribution in [3.05, 3.63) is 77.8 Å². The summed E-state index contributed by atoms with van der Waals surface area (Å²) in [5.74, 6) is -0.624. The predicted molar refractivity (Wildman–Crippen MR) is 111 cm³/mol. The molecular weight excluding hydrogens is 410 g/mol. The molecule has 0 bridgehead atoms. The number of fused-ring (bicyclic) bond motifs is 1. The third-order valence-corrected chi connectivity index (χ3v) is 5.27. The zero-order valence-corrected chi connectivity index (χ0v) is 17.1. The first-order valence-electron chi connectivity index (χ1n) is 9.27. The summed E-state index contributed by atoms with van der Waals surface area (Å²) in [7, 11) is 0. The molecule has 0 atom stereocenters. The molecule has 0 N–H and O–H groups in total. The van der Waals surface area contributed by atoms with E-state index < -0.39 is 11.6 Å². The molecule has 30 heavy (non-hydrogen) atoms. The summed E-state index contributed by atoms with van der Waals surface area (Å²) in [6, 6.07) is 12.2. The fraction of sp³-hybridized carbons (Fsp3) is 0.182. The summed E-state index contributed by atoms with van der Waals surface area (Å²) >= 11 is 1.04. The van der Waals surface area contributed by atoms with E-state index in [-0.39, 0.29) is 29.2 Å². The second-order valence-electron chi connectivity index (χ2n) is 6.89. The van der Waals surface area contributed by atoms with E-state index in [9.17, 15) is 13.6 Å². The number of halogens is 2. The molecule has 0 saturated heterocycles. The standard InChI is InChI=1S/C22H18F2N2O3S/c1-13(2)29-16-7-5-14(6-8-16)21(27)26(12-17-4-3-9-28-17)22-25-20-18(24)10-15(23)11-19(20)30-22/h3-11,13H,12H2,1-2H3. The molecule has 0 aliphatic carbocycles. The Balaban J connectivity index is 1.71. The van der Waals surface area contributed by atoms with Gasteiger partial charge in [-0.2, -0.15) is 0 Å². The molecule has 2 aromatic heterocycles. The maximum atomic E-state index is 14.1. The highest BCUT2D eigenvalue weighted by Crippen LogP contribution is 2.33. The van der Waals surface area contributed by atoms with Crippen molar-refractivity contribution in [2.75, 3.05) is 4.90 Å². The van der Waals surface area contributed by atoms with Crippen LogP contribution in [0.1, 0.15) is 30.0 Å². The first-order valence-corrected chi connectivity index (χ1v) is 10.1. The van der Waals surface area contributed by atoms with Crippen molar-refractivity contribution in [1.82, 2.24) is 4.98 Å². The number of anilines is 1. The van der Waals surface area contributed by atoms with Gasteiger partial charge in [0.05, 0.1) is 23.6 Å². The van der Waals surface area contributed by atoms with Crippen LogP contribution < -0.4 is 9.64 Å².